The van der Waals surface area contributed by atoms with Gasteiger partial charge in [-0.15, -0.1) is 0 Å². The number of anilines is 1. The number of nitrogens with one attached hydrogen (secondary N) is 1. The third kappa shape index (κ3) is 1.80. The van der Waals surface area contributed by atoms with Gasteiger partial charge in [0.2, 0.25) is 0 Å². The van der Waals surface area contributed by atoms with Gasteiger partial charge in [0, 0.05) is 18.1 Å². The molecule has 1 N–H and O–H groups in total. The summed E-state index contributed by atoms with van der Waals surface area (Å²) in [7, 11) is 0. The zero-order valence-corrected chi connectivity index (χ0v) is 9.98. The van der Waals surface area contributed by atoms with Crippen molar-refractivity contribution in [2.45, 2.75) is 25.8 Å². The SMILES string of the molecule is CCc1cccc2c1NC(c1cccnc1)C2. The van der Waals surface area contributed by atoms with Crippen LogP contribution in [0.15, 0.2) is 42.7 Å². The summed E-state index contributed by atoms with van der Waals surface area (Å²) < 4.78 is 0. The molecule has 1 unspecified atom stereocenters. The molecule has 2 aromatic rings. The van der Waals surface area contributed by atoms with E-state index in [0.717, 1.165) is 12.8 Å². The molecule has 0 saturated carbocycles. The van der Waals surface area contributed by atoms with Gasteiger partial charge in [0.25, 0.3) is 0 Å². The molecule has 86 valence electrons. The summed E-state index contributed by atoms with van der Waals surface area (Å²) in [6, 6.07) is 11.1. The van der Waals surface area contributed by atoms with E-state index in [1.165, 1.54) is 22.4 Å². The average molecular weight is 224 g/mol. The maximum Gasteiger partial charge on any atom is 0.0570 e. The molecule has 1 aromatic carbocycles. The second-order valence-electron chi connectivity index (χ2n) is 4.49. The van der Waals surface area contributed by atoms with Gasteiger partial charge >= 0.3 is 0 Å². The van der Waals surface area contributed by atoms with E-state index >= 15 is 0 Å². The number of aromatic nitrogens is 1. The number of aryl methyl sites for hydroxylation is 1. The number of rotatable bonds is 2. The first-order valence-electron chi connectivity index (χ1n) is 6.15. The minimum absolute atomic E-state index is 0.381. The molecule has 2 nitrogen and oxygen atoms in total. The zero-order chi connectivity index (χ0) is 11.7. The fraction of sp³-hybridized carbons (Fsp3) is 0.267. The number of fused-ring (bicyclic) bond motifs is 1. The molecule has 0 aliphatic carbocycles. The minimum Gasteiger partial charge on any atom is -0.377 e. The van der Waals surface area contributed by atoms with Gasteiger partial charge in [-0.25, -0.2) is 0 Å². The Morgan fingerprint density at radius 2 is 2.24 bits per heavy atom. The zero-order valence-electron chi connectivity index (χ0n) is 9.98. The molecule has 2 heterocycles. The Morgan fingerprint density at radius 3 is 3.00 bits per heavy atom. The molecule has 17 heavy (non-hydrogen) atoms. The molecule has 0 saturated heterocycles. The molecule has 1 aliphatic rings. The molecule has 3 rings (SSSR count). The van der Waals surface area contributed by atoms with Crippen molar-refractivity contribution in [3.05, 3.63) is 59.4 Å². The predicted octanol–water partition coefficient (Wildman–Crippen LogP) is 3.35. The van der Waals surface area contributed by atoms with Crippen molar-refractivity contribution in [1.29, 1.82) is 0 Å². The topological polar surface area (TPSA) is 24.9 Å². The van der Waals surface area contributed by atoms with Crippen molar-refractivity contribution in [3.63, 3.8) is 0 Å². The van der Waals surface area contributed by atoms with Crippen LogP contribution in [0.4, 0.5) is 5.69 Å². The van der Waals surface area contributed by atoms with Crippen LogP contribution in [-0.4, -0.2) is 4.98 Å². The van der Waals surface area contributed by atoms with E-state index in [4.69, 9.17) is 0 Å². The van der Waals surface area contributed by atoms with E-state index in [1.807, 2.05) is 18.5 Å². The van der Waals surface area contributed by atoms with Crippen molar-refractivity contribution in [3.8, 4) is 0 Å². The number of para-hydroxylation sites is 1. The van der Waals surface area contributed by atoms with Crippen LogP contribution in [0.25, 0.3) is 0 Å². The Kier molecular flexibility index (Phi) is 2.56. The summed E-state index contributed by atoms with van der Waals surface area (Å²) in [5.41, 5.74) is 5.45. The summed E-state index contributed by atoms with van der Waals surface area (Å²) in [6.07, 6.45) is 5.92. The van der Waals surface area contributed by atoms with Gasteiger partial charge in [0.1, 0.15) is 0 Å². The van der Waals surface area contributed by atoms with E-state index < -0.39 is 0 Å². The lowest BCUT2D eigenvalue weighted by atomic mass is 10.0. The van der Waals surface area contributed by atoms with Gasteiger partial charge in [0.05, 0.1) is 6.04 Å². The fourth-order valence-corrected chi connectivity index (χ4v) is 2.53. The predicted molar refractivity (Wildman–Crippen MR) is 70.1 cm³/mol. The molecule has 0 bridgehead atoms. The molecular weight excluding hydrogens is 208 g/mol. The number of hydrogen-bond donors (Lipinski definition) is 1. The molecule has 0 radical (unpaired) electrons. The first-order chi connectivity index (χ1) is 8.38. The number of nitrogens with zero attached hydrogens (tertiary/aromatic N) is 1. The summed E-state index contributed by atoms with van der Waals surface area (Å²) in [4.78, 5) is 4.19. The standard InChI is InChI=1S/C15H16N2/c1-2-11-5-3-6-12-9-14(17-15(11)12)13-7-4-8-16-10-13/h3-8,10,14,17H,2,9H2,1H3. The number of benzene rings is 1. The Labute approximate surface area is 102 Å². The van der Waals surface area contributed by atoms with Crippen LogP contribution in [-0.2, 0) is 12.8 Å². The molecule has 1 atom stereocenters. The van der Waals surface area contributed by atoms with Crippen molar-refractivity contribution < 1.29 is 0 Å². The van der Waals surface area contributed by atoms with Crippen molar-refractivity contribution in [1.82, 2.24) is 4.98 Å². The highest BCUT2D eigenvalue weighted by Crippen LogP contribution is 2.36. The third-order valence-electron chi connectivity index (χ3n) is 3.45. The van der Waals surface area contributed by atoms with Gasteiger partial charge in [-0.2, -0.15) is 0 Å². The Balaban J connectivity index is 1.93. The maximum atomic E-state index is 4.19. The van der Waals surface area contributed by atoms with Crippen molar-refractivity contribution in [2.24, 2.45) is 0 Å². The highest BCUT2D eigenvalue weighted by molar-refractivity contribution is 5.63. The normalized spacial score (nSPS) is 17.6. The van der Waals surface area contributed by atoms with Gasteiger partial charge < -0.3 is 5.32 Å². The first kappa shape index (κ1) is 10.3. The number of pyridine rings is 1. The van der Waals surface area contributed by atoms with E-state index in [9.17, 15) is 0 Å². The molecule has 2 heteroatoms. The van der Waals surface area contributed by atoms with Gasteiger partial charge in [-0.3, -0.25) is 4.98 Å². The lowest BCUT2D eigenvalue weighted by Crippen LogP contribution is -2.06. The quantitative estimate of drug-likeness (QED) is 0.846. The highest BCUT2D eigenvalue weighted by atomic mass is 15.0. The van der Waals surface area contributed by atoms with Gasteiger partial charge in [0.15, 0.2) is 0 Å². The second kappa shape index (κ2) is 4.21. The van der Waals surface area contributed by atoms with Crippen LogP contribution in [0.3, 0.4) is 0 Å². The molecule has 0 amide bonds. The largest absolute Gasteiger partial charge is 0.377 e. The average Bonchev–Trinajstić information content (AvgIpc) is 2.83. The third-order valence-corrected chi connectivity index (χ3v) is 3.45. The molecular formula is C15H16N2. The van der Waals surface area contributed by atoms with Gasteiger partial charge in [-0.05, 0) is 35.6 Å². The van der Waals surface area contributed by atoms with Crippen LogP contribution in [0, 0.1) is 0 Å². The summed E-state index contributed by atoms with van der Waals surface area (Å²) in [5.74, 6) is 0. The van der Waals surface area contributed by atoms with Crippen molar-refractivity contribution >= 4 is 5.69 Å². The van der Waals surface area contributed by atoms with E-state index in [1.54, 1.807) is 0 Å². The van der Waals surface area contributed by atoms with Crippen molar-refractivity contribution in [2.75, 3.05) is 5.32 Å². The molecule has 0 spiro atoms. The monoisotopic (exact) mass is 224 g/mol. The van der Waals surface area contributed by atoms with Crippen LogP contribution >= 0.6 is 0 Å². The highest BCUT2D eigenvalue weighted by Gasteiger charge is 2.23. The van der Waals surface area contributed by atoms with Gasteiger partial charge in [-0.1, -0.05) is 31.2 Å². The fourth-order valence-electron chi connectivity index (χ4n) is 2.53. The van der Waals surface area contributed by atoms with Crippen LogP contribution in [0.2, 0.25) is 0 Å². The second-order valence-corrected chi connectivity index (χ2v) is 4.49. The smallest absolute Gasteiger partial charge is 0.0570 e. The number of hydrogen-bond acceptors (Lipinski definition) is 2. The van der Waals surface area contributed by atoms with E-state index in [0.29, 0.717) is 6.04 Å². The van der Waals surface area contributed by atoms with Crippen LogP contribution in [0.5, 0.6) is 0 Å². The Morgan fingerprint density at radius 1 is 1.29 bits per heavy atom. The summed E-state index contributed by atoms with van der Waals surface area (Å²) >= 11 is 0. The van der Waals surface area contributed by atoms with Crippen LogP contribution < -0.4 is 5.32 Å². The minimum atomic E-state index is 0.381. The molecule has 0 fully saturated rings. The molecule has 1 aliphatic heterocycles. The van der Waals surface area contributed by atoms with E-state index in [-0.39, 0.29) is 0 Å². The van der Waals surface area contributed by atoms with Crippen LogP contribution in [0.1, 0.15) is 29.7 Å². The first-order valence-corrected chi connectivity index (χ1v) is 6.15. The lowest BCUT2D eigenvalue weighted by molar-refractivity contribution is 0.817. The lowest BCUT2D eigenvalue weighted by Gasteiger charge is -2.12. The Hall–Kier alpha value is -1.83. The Bertz CT molecular complexity index is 520. The summed E-state index contributed by atoms with van der Waals surface area (Å²) in [5, 5.41) is 3.63. The molecule has 1 aromatic heterocycles. The van der Waals surface area contributed by atoms with E-state index in [2.05, 4.69) is 41.5 Å². The summed E-state index contributed by atoms with van der Waals surface area (Å²) in [6.45, 7) is 2.20. The maximum absolute atomic E-state index is 4.19.